The van der Waals surface area contributed by atoms with Crippen LogP contribution in [0.5, 0.6) is 0 Å². The molecule has 2 nitrogen and oxygen atoms in total. The fourth-order valence-corrected chi connectivity index (χ4v) is 2.87. The molecule has 0 saturated carbocycles. The molecule has 1 rings (SSSR count). The van der Waals surface area contributed by atoms with Gasteiger partial charge in [0, 0.05) is 31.2 Å². The summed E-state index contributed by atoms with van der Waals surface area (Å²) in [5, 5.41) is 3.68. The first-order chi connectivity index (χ1) is 9.13. The van der Waals surface area contributed by atoms with Crippen LogP contribution in [0.1, 0.15) is 67.7 Å². The third kappa shape index (κ3) is 5.97. The van der Waals surface area contributed by atoms with Gasteiger partial charge in [0.25, 0.3) is 0 Å². The number of nitrogens with one attached hydrogen (secondary N) is 1. The van der Waals surface area contributed by atoms with Crippen molar-refractivity contribution in [3.8, 4) is 0 Å². The first kappa shape index (κ1) is 17.7. The summed E-state index contributed by atoms with van der Waals surface area (Å²) in [6, 6.07) is 0.678. The van der Waals surface area contributed by atoms with Gasteiger partial charge in [-0.1, -0.05) is 45.8 Å². The second-order valence-electron chi connectivity index (χ2n) is 8.30. The number of hydrogen-bond donors (Lipinski definition) is 1. The molecule has 0 spiro atoms. The highest BCUT2D eigenvalue weighted by Gasteiger charge is 2.25. The Labute approximate surface area is 127 Å². The fourth-order valence-electron chi connectivity index (χ4n) is 2.87. The summed E-state index contributed by atoms with van der Waals surface area (Å²) >= 11 is 0. The van der Waals surface area contributed by atoms with E-state index in [0.29, 0.717) is 11.5 Å². The Hall–Kier alpha value is -0.340. The molecule has 1 aliphatic rings. The van der Waals surface area contributed by atoms with Gasteiger partial charge in [-0.05, 0) is 39.0 Å². The average molecular weight is 281 g/mol. The molecule has 20 heavy (non-hydrogen) atoms. The quantitative estimate of drug-likeness (QED) is 0.759. The SMILES string of the molecule is CCCC(CNC(C)(C)C)N1CC=C(C(C)(C)C)CC1. The number of nitrogens with zero attached hydrogens (tertiary/aromatic N) is 1. The van der Waals surface area contributed by atoms with Crippen LogP contribution in [0.15, 0.2) is 11.6 Å². The maximum Gasteiger partial charge on any atom is 0.0224 e. The third-order valence-electron chi connectivity index (χ3n) is 4.21. The zero-order valence-corrected chi connectivity index (χ0v) is 14.8. The fraction of sp³-hybridized carbons (Fsp3) is 0.889. The van der Waals surface area contributed by atoms with E-state index in [1.807, 2.05) is 0 Å². The van der Waals surface area contributed by atoms with Gasteiger partial charge in [-0.2, -0.15) is 0 Å². The minimum atomic E-state index is 0.216. The molecule has 1 atom stereocenters. The number of rotatable bonds is 5. The molecule has 0 aromatic rings. The molecule has 0 saturated heterocycles. The normalized spacial score (nSPS) is 19.9. The minimum absolute atomic E-state index is 0.216. The van der Waals surface area contributed by atoms with E-state index in [4.69, 9.17) is 0 Å². The topological polar surface area (TPSA) is 15.3 Å². The van der Waals surface area contributed by atoms with Crippen molar-refractivity contribution in [3.05, 3.63) is 11.6 Å². The minimum Gasteiger partial charge on any atom is -0.311 e. The standard InChI is InChI=1S/C18H36N2/c1-8-9-16(14-19-18(5,6)7)20-12-10-15(11-13-20)17(2,3)4/h10,16,19H,8-9,11-14H2,1-7H3. The lowest BCUT2D eigenvalue weighted by molar-refractivity contribution is 0.179. The molecule has 1 N–H and O–H groups in total. The lowest BCUT2D eigenvalue weighted by Gasteiger charge is -2.38. The largest absolute Gasteiger partial charge is 0.311 e. The molecule has 0 fully saturated rings. The molecule has 1 unspecified atom stereocenters. The van der Waals surface area contributed by atoms with Crippen molar-refractivity contribution in [2.75, 3.05) is 19.6 Å². The Morgan fingerprint density at radius 2 is 1.85 bits per heavy atom. The number of hydrogen-bond acceptors (Lipinski definition) is 2. The van der Waals surface area contributed by atoms with Crippen LogP contribution in [0.3, 0.4) is 0 Å². The van der Waals surface area contributed by atoms with Gasteiger partial charge in [0.1, 0.15) is 0 Å². The van der Waals surface area contributed by atoms with Crippen molar-refractivity contribution >= 4 is 0 Å². The van der Waals surface area contributed by atoms with E-state index in [1.165, 1.54) is 25.8 Å². The zero-order valence-electron chi connectivity index (χ0n) is 14.8. The Bertz CT molecular complexity index is 317. The molecular weight excluding hydrogens is 244 g/mol. The second-order valence-corrected chi connectivity index (χ2v) is 8.30. The van der Waals surface area contributed by atoms with Crippen LogP contribution < -0.4 is 5.32 Å². The highest BCUT2D eigenvalue weighted by molar-refractivity contribution is 5.15. The first-order valence-corrected chi connectivity index (χ1v) is 8.32. The second kappa shape index (κ2) is 7.09. The molecule has 0 aliphatic carbocycles. The molecule has 118 valence electrons. The van der Waals surface area contributed by atoms with Crippen molar-refractivity contribution in [1.29, 1.82) is 0 Å². The van der Waals surface area contributed by atoms with Gasteiger partial charge in [0.15, 0.2) is 0 Å². The Balaban J connectivity index is 2.60. The zero-order chi connectivity index (χ0) is 15.4. The van der Waals surface area contributed by atoms with Crippen LogP contribution in [0.25, 0.3) is 0 Å². The van der Waals surface area contributed by atoms with Crippen LogP contribution in [-0.2, 0) is 0 Å². The molecular formula is C18H36N2. The summed E-state index contributed by atoms with van der Waals surface area (Å²) in [6.45, 7) is 19.5. The third-order valence-corrected chi connectivity index (χ3v) is 4.21. The molecule has 0 aromatic carbocycles. The maximum atomic E-state index is 3.68. The monoisotopic (exact) mass is 280 g/mol. The molecule has 0 amide bonds. The van der Waals surface area contributed by atoms with Gasteiger partial charge in [-0.3, -0.25) is 4.90 Å². The van der Waals surface area contributed by atoms with Gasteiger partial charge >= 0.3 is 0 Å². The average Bonchev–Trinajstić information content (AvgIpc) is 2.32. The van der Waals surface area contributed by atoms with E-state index in [9.17, 15) is 0 Å². The smallest absolute Gasteiger partial charge is 0.0224 e. The van der Waals surface area contributed by atoms with Crippen molar-refractivity contribution in [1.82, 2.24) is 10.2 Å². The van der Waals surface area contributed by atoms with Gasteiger partial charge in [-0.15, -0.1) is 0 Å². The van der Waals surface area contributed by atoms with Crippen molar-refractivity contribution in [2.24, 2.45) is 5.41 Å². The summed E-state index contributed by atoms with van der Waals surface area (Å²) in [4.78, 5) is 2.66. The molecule has 1 heterocycles. The van der Waals surface area contributed by atoms with E-state index >= 15 is 0 Å². The predicted molar refractivity (Wildman–Crippen MR) is 90.2 cm³/mol. The predicted octanol–water partition coefficient (Wildman–Crippen LogP) is 4.22. The molecule has 1 aliphatic heterocycles. The van der Waals surface area contributed by atoms with Crippen LogP contribution in [0.2, 0.25) is 0 Å². The lowest BCUT2D eigenvalue weighted by Crippen LogP contribution is -2.49. The maximum absolute atomic E-state index is 3.68. The molecule has 0 bridgehead atoms. The van der Waals surface area contributed by atoms with Crippen LogP contribution in [-0.4, -0.2) is 36.1 Å². The molecule has 0 aromatic heterocycles. The van der Waals surface area contributed by atoms with Crippen LogP contribution in [0, 0.1) is 5.41 Å². The van der Waals surface area contributed by atoms with E-state index in [2.05, 4.69) is 64.8 Å². The van der Waals surface area contributed by atoms with Gasteiger partial charge in [0.05, 0.1) is 0 Å². The summed E-state index contributed by atoms with van der Waals surface area (Å²) in [5.74, 6) is 0. The van der Waals surface area contributed by atoms with Crippen LogP contribution >= 0.6 is 0 Å². The van der Waals surface area contributed by atoms with Crippen molar-refractivity contribution < 1.29 is 0 Å². The van der Waals surface area contributed by atoms with E-state index in [0.717, 1.165) is 13.1 Å². The van der Waals surface area contributed by atoms with Crippen molar-refractivity contribution in [3.63, 3.8) is 0 Å². The Morgan fingerprint density at radius 1 is 1.20 bits per heavy atom. The highest BCUT2D eigenvalue weighted by atomic mass is 15.2. The van der Waals surface area contributed by atoms with E-state index in [-0.39, 0.29) is 5.54 Å². The summed E-state index contributed by atoms with van der Waals surface area (Å²) < 4.78 is 0. The Kier molecular flexibility index (Phi) is 6.27. The summed E-state index contributed by atoms with van der Waals surface area (Å²) in [7, 11) is 0. The van der Waals surface area contributed by atoms with Gasteiger partial charge in [-0.25, -0.2) is 0 Å². The summed E-state index contributed by atoms with van der Waals surface area (Å²) in [5.41, 5.74) is 2.19. The van der Waals surface area contributed by atoms with Gasteiger partial charge < -0.3 is 5.32 Å². The lowest BCUT2D eigenvalue weighted by atomic mass is 9.82. The van der Waals surface area contributed by atoms with Crippen molar-refractivity contribution in [2.45, 2.75) is 79.3 Å². The van der Waals surface area contributed by atoms with E-state index < -0.39 is 0 Å². The summed E-state index contributed by atoms with van der Waals surface area (Å²) in [6.07, 6.45) is 6.27. The Morgan fingerprint density at radius 3 is 2.25 bits per heavy atom. The first-order valence-electron chi connectivity index (χ1n) is 8.32. The van der Waals surface area contributed by atoms with E-state index in [1.54, 1.807) is 5.57 Å². The van der Waals surface area contributed by atoms with Crippen LogP contribution in [0.4, 0.5) is 0 Å². The highest BCUT2D eigenvalue weighted by Crippen LogP contribution is 2.30. The molecule has 2 heteroatoms. The molecule has 0 radical (unpaired) electrons. The van der Waals surface area contributed by atoms with Gasteiger partial charge in [0.2, 0.25) is 0 Å².